The third kappa shape index (κ3) is 5.36. The molecule has 1 unspecified atom stereocenters. The molecule has 1 aromatic heterocycles. The van der Waals surface area contributed by atoms with Crippen molar-refractivity contribution in [2.75, 3.05) is 18.5 Å². The first-order valence-corrected chi connectivity index (χ1v) is 11.4. The van der Waals surface area contributed by atoms with Crippen LogP contribution in [0.25, 0.3) is 0 Å². The van der Waals surface area contributed by atoms with Crippen molar-refractivity contribution >= 4 is 44.5 Å². The molecule has 4 rings (SSSR count). The highest BCUT2D eigenvalue weighted by molar-refractivity contribution is 9.10. The largest absolute Gasteiger partial charge is 0.611 e. The van der Waals surface area contributed by atoms with Gasteiger partial charge in [-0.1, -0.05) is 5.16 Å². The molecule has 2 aromatic rings. The fourth-order valence-corrected chi connectivity index (χ4v) is 4.38. The van der Waals surface area contributed by atoms with Gasteiger partial charge in [0.15, 0.2) is 16.7 Å². The van der Waals surface area contributed by atoms with Crippen molar-refractivity contribution < 1.29 is 18.9 Å². The van der Waals surface area contributed by atoms with E-state index in [2.05, 4.69) is 31.4 Å². The van der Waals surface area contributed by atoms with Crippen LogP contribution in [0.3, 0.4) is 0 Å². The van der Waals surface area contributed by atoms with Crippen LogP contribution in [0.1, 0.15) is 24.8 Å². The normalized spacial score (nSPS) is 20.3. The number of amides is 1. The lowest BCUT2D eigenvalue weighted by molar-refractivity contribution is -0.110. The Balaban J connectivity index is 1.54. The van der Waals surface area contributed by atoms with Crippen LogP contribution in [0.15, 0.2) is 57.1 Å². The highest BCUT2D eigenvalue weighted by atomic mass is 79.9. The molecule has 1 aromatic carbocycles. The maximum Gasteiger partial charge on any atom is 0.279 e. The topological polar surface area (TPSA) is 95.9 Å². The average molecular weight is 478 g/mol. The second kappa shape index (κ2) is 9.25. The van der Waals surface area contributed by atoms with Gasteiger partial charge >= 0.3 is 0 Å². The fraction of sp³-hybridized carbons (Fsp3) is 0.350. The molecule has 1 amide bonds. The summed E-state index contributed by atoms with van der Waals surface area (Å²) >= 11 is 2.32. The third-order valence-corrected chi connectivity index (χ3v) is 6.83. The summed E-state index contributed by atoms with van der Waals surface area (Å²) < 4.78 is 18.4. The number of oxime groups is 1. The number of benzene rings is 1. The Bertz CT molecular complexity index is 882. The standard InChI is InChI=1S/C20H20BrN3O4S/c21-14-3-8-18(22-11-14)23-20(25)19(24-28-15-9-10-27-12-15)13-1-4-16(5-2-13)29(26)17-6-7-17/h1-5,8,11,15,17H,6-7,9-10,12H2,(H,22,23,25)/b24-19+/t15-,29?/m1/s1. The van der Waals surface area contributed by atoms with Crippen LogP contribution in [-0.4, -0.2) is 45.7 Å². The number of carbonyl (C=O) groups excluding carboxylic acids is 1. The molecule has 2 fully saturated rings. The van der Waals surface area contributed by atoms with E-state index in [9.17, 15) is 9.35 Å². The zero-order valence-electron chi connectivity index (χ0n) is 15.5. The van der Waals surface area contributed by atoms with Crippen molar-refractivity contribution in [3.63, 3.8) is 0 Å². The van der Waals surface area contributed by atoms with Crippen LogP contribution in [0, 0.1) is 0 Å². The SMILES string of the molecule is O=C(Nc1ccc(Br)cn1)/C(=N/O[C@@H]1CCOC1)c1ccc([S+]([O-])C2CC2)cc1. The number of hydrogen-bond acceptors (Lipinski definition) is 6. The first-order chi connectivity index (χ1) is 14.1. The van der Waals surface area contributed by atoms with E-state index in [0.717, 1.165) is 28.6 Å². The summed E-state index contributed by atoms with van der Waals surface area (Å²) in [7, 11) is 0. The Labute approximate surface area is 180 Å². The van der Waals surface area contributed by atoms with Crippen molar-refractivity contribution in [2.45, 2.75) is 35.5 Å². The Hall–Kier alpha value is -1.94. The maximum absolute atomic E-state index is 12.9. The van der Waals surface area contributed by atoms with Crippen LogP contribution in [0.2, 0.25) is 0 Å². The number of anilines is 1. The number of halogens is 1. The number of carbonyl (C=O) groups is 1. The van der Waals surface area contributed by atoms with Gasteiger partial charge in [-0.3, -0.25) is 4.79 Å². The molecule has 152 valence electrons. The van der Waals surface area contributed by atoms with E-state index in [1.807, 2.05) is 0 Å². The molecular formula is C20H20BrN3O4S. The molecule has 0 bridgehead atoms. The second-order valence-electron chi connectivity index (χ2n) is 6.87. The number of nitrogens with one attached hydrogen (secondary N) is 1. The molecule has 1 saturated carbocycles. The van der Waals surface area contributed by atoms with Crippen molar-refractivity contribution in [3.05, 3.63) is 52.6 Å². The van der Waals surface area contributed by atoms with Crippen LogP contribution < -0.4 is 5.32 Å². The quantitative estimate of drug-likeness (QED) is 0.375. The molecule has 1 saturated heterocycles. The molecule has 1 aliphatic carbocycles. The Kier molecular flexibility index (Phi) is 6.49. The molecule has 7 nitrogen and oxygen atoms in total. The monoisotopic (exact) mass is 477 g/mol. The summed E-state index contributed by atoms with van der Waals surface area (Å²) in [6.45, 7) is 1.07. The average Bonchev–Trinajstić information content (AvgIpc) is 3.46. The lowest BCUT2D eigenvalue weighted by Crippen LogP contribution is -2.25. The van der Waals surface area contributed by atoms with Gasteiger partial charge < -0.3 is 19.4 Å². The predicted molar refractivity (Wildman–Crippen MR) is 113 cm³/mol. The highest BCUT2D eigenvalue weighted by Gasteiger charge is 2.35. The van der Waals surface area contributed by atoms with Crippen LogP contribution >= 0.6 is 15.9 Å². The number of hydrogen-bond donors (Lipinski definition) is 1. The zero-order valence-corrected chi connectivity index (χ0v) is 17.9. The number of pyridine rings is 1. The molecule has 1 N–H and O–H groups in total. The summed E-state index contributed by atoms with van der Waals surface area (Å²) in [5.74, 6) is -0.0311. The summed E-state index contributed by atoms with van der Waals surface area (Å²) in [5, 5.41) is 7.12. The van der Waals surface area contributed by atoms with Crippen LogP contribution in [-0.2, 0) is 25.5 Å². The molecule has 0 radical (unpaired) electrons. The van der Waals surface area contributed by atoms with Crippen molar-refractivity contribution in [1.29, 1.82) is 0 Å². The summed E-state index contributed by atoms with van der Waals surface area (Å²) in [6, 6.07) is 10.5. The van der Waals surface area contributed by atoms with E-state index >= 15 is 0 Å². The molecule has 1 aliphatic heterocycles. The molecule has 2 aliphatic rings. The number of nitrogens with zero attached hydrogens (tertiary/aromatic N) is 2. The van der Waals surface area contributed by atoms with Gasteiger partial charge in [0.1, 0.15) is 11.1 Å². The lowest BCUT2D eigenvalue weighted by atomic mass is 10.1. The first kappa shape index (κ1) is 20.3. The molecule has 29 heavy (non-hydrogen) atoms. The molecule has 0 spiro atoms. The highest BCUT2D eigenvalue weighted by Crippen LogP contribution is 2.33. The predicted octanol–water partition coefficient (Wildman–Crippen LogP) is 3.26. The molecule has 9 heteroatoms. The van der Waals surface area contributed by atoms with Gasteiger partial charge in [-0.25, -0.2) is 4.98 Å². The van der Waals surface area contributed by atoms with Crippen LogP contribution in [0.4, 0.5) is 5.82 Å². The third-order valence-electron chi connectivity index (χ3n) is 4.55. The summed E-state index contributed by atoms with van der Waals surface area (Å²) in [6.07, 6.45) is 4.15. The summed E-state index contributed by atoms with van der Waals surface area (Å²) in [4.78, 5) is 23.3. The van der Waals surface area contributed by atoms with E-state index in [4.69, 9.17) is 9.57 Å². The van der Waals surface area contributed by atoms with Gasteiger partial charge in [-0.05, 0) is 63.5 Å². The molecule has 2 atom stereocenters. The van der Waals surface area contributed by atoms with Crippen molar-refractivity contribution in [1.82, 2.24) is 4.98 Å². The van der Waals surface area contributed by atoms with Gasteiger partial charge in [-0.15, -0.1) is 0 Å². The van der Waals surface area contributed by atoms with Crippen molar-refractivity contribution in [2.24, 2.45) is 5.16 Å². The van der Waals surface area contributed by atoms with Gasteiger partial charge in [0.2, 0.25) is 0 Å². The lowest BCUT2D eigenvalue weighted by Gasteiger charge is -2.12. The van der Waals surface area contributed by atoms with Gasteiger partial charge in [-0.2, -0.15) is 0 Å². The van der Waals surface area contributed by atoms with E-state index in [-0.39, 0.29) is 17.1 Å². The number of ether oxygens (including phenoxy) is 1. The van der Waals surface area contributed by atoms with E-state index in [1.54, 1.807) is 42.6 Å². The Morgan fingerprint density at radius 1 is 1.24 bits per heavy atom. The Morgan fingerprint density at radius 2 is 2.03 bits per heavy atom. The van der Waals surface area contributed by atoms with E-state index in [1.165, 1.54) is 0 Å². The Morgan fingerprint density at radius 3 is 2.66 bits per heavy atom. The van der Waals surface area contributed by atoms with E-state index in [0.29, 0.717) is 24.6 Å². The smallest absolute Gasteiger partial charge is 0.279 e. The van der Waals surface area contributed by atoms with Gasteiger partial charge in [0.25, 0.3) is 5.91 Å². The van der Waals surface area contributed by atoms with Crippen molar-refractivity contribution in [3.8, 4) is 0 Å². The number of rotatable bonds is 7. The fourth-order valence-electron chi connectivity index (χ4n) is 2.80. The van der Waals surface area contributed by atoms with Gasteiger partial charge in [0, 0.05) is 35.5 Å². The second-order valence-corrected chi connectivity index (χ2v) is 9.52. The first-order valence-electron chi connectivity index (χ1n) is 9.35. The minimum absolute atomic E-state index is 0.130. The molecule has 2 heterocycles. The summed E-state index contributed by atoms with van der Waals surface area (Å²) in [5.41, 5.74) is 0.709. The zero-order chi connectivity index (χ0) is 20.2. The minimum Gasteiger partial charge on any atom is -0.611 e. The maximum atomic E-state index is 12.9. The minimum atomic E-state index is -0.998. The number of aromatic nitrogens is 1. The van der Waals surface area contributed by atoms with E-state index < -0.39 is 17.1 Å². The molecular weight excluding hydrogens is 458 g/mol. The van der Waals surface area contributed by atoms with Crippen LogP contribution in [0.5, 0.6) is 0 Å². The van der Waals surface area contributed by atoms with Gasteiger partial charge in [0.05, 0.1) is 13.2 Å².